The fourth-order valence-electron chi connectivity index (χ4n) is 2.43. The Labute approximate surface area is 121 Å². The van der Waals surface area contributed by atoms with Crippen molar-refractivity contribution in [2.75, 3.05) is 0 Å². The highest BCUT2D eigenvalue weighted by Crippen LogP contribution is 2.28. The molecule has 1 aliphatic rings. The molecule has 0 amide bonds. The van der Waals surface area contributed by atoms with Gasteiger partial charge < -0.3 is 0 Å². The number of rotatable bonds is 1. The van der Waals surface area contributed by atoms with Crippen LogP contribution in [0.1, 0.15) is 27.9 Å². The van der Waals surface area contributed by atoms with Gasteiger partial charge in [-0.05, 0) is 48.2 Å². The molecule has 0 atom stereocenters. The van der Waals surface area contributed by atoms with Crippen LogP contribution >= 0.6 is 15.9 Å². The molecule has 0 heterocycles. The summed E-state index contributed by atoms with van der Waals surface area (Å²) in [5.41, 5.74) is 3.98. The summed E-state index contributed by atoms with van der Waals surface area (Å²) >= 11 is 3.45. The summed E-state index contributed by atoms with van der Waals surface area (Å²) < 4.78 is 1.04. The molecule has 1 aliphatic carbocycles. The minimum atomic E-state index is 0.164. The normalized spacial score (nSPS) is 16.5. The van der Waals surface area contributed by atoms with Gasteiger partial charge in [0.1, 0.15) is 0 Å². The number of hydrogen-bond donors (Lipinski definition) is 0. The van der Waals surface area contributed by atoms with E-state index in [4.69, 9.17) is 0 Å². The van der Waals surface area contributed by atoms with Crippen LogP contribution in [-0.4, -0.2) is 5.78 Å². The van der Waals surface area contributed by atoms with E-state index in [1.54, 1.807) is 0 Å². The van der Waals surface area contributed by atoms with Gasteiger partial charge in [-0.25, -0.2) is 0 Å². The van der Waals surface area contributed by atoms with Crippen molar-refractivity contribution < 1.29 is 4.79 Å². The van der Waals surface area contributed by atoms with E-state index in [-0.39, 0.29) is 5.78 Å². The molecule has 0 aromatic heterocycles. The molecule has 2 heteroatoms. The third kappa shape index (κ3) is 2.54. The number of hydrogen-bond acceptors (Lipinski definition) is 1. The number of carbonyl (C=O) groups is 1. The zero-order valence-electron chi connectivity index (χ0n) is 10.4. The van der Waals surface area contributed by atoms with Gasteiger partial charge in [0.15, 0.2) is 5.78 Å². The molecule has 19 heavy (non-hydrogen) atoms. The summed E-state index contributed by atoms with van der Waals surface area (Å²) in [6.07, 6.45) is 3.75. The molecule has 0 unspecified atom stereocenters. The summed E-state index contributed by atoms with van der Waals surface area (Å²) in [4.78, 5) is 12.4. The van der Waals surface area contributed by atoms with Crippen molar-refractivity contribution in [2.45, 2.75) is 12.8 Å². The number of halogens is 1. The molecule has 0 spiro atoms. The van der Waals surface area contributed by atoms with Gasteiger partial charge in [0.05, 0.1) is 0 Å². The average Bonchev–Trinajstić information content (AvgIpc) is 2.43. The lowest BCUT2D eigenvalue weighted by Gasteiger charge is -2.17. The van der Waals surface area contributed by atoms with E-state index in [1.165, 1.54) is 0 Å². The second-order valence-electron chi connectivity index (χ2n) is 4.71. The molecule has 0 radical (unpaired) electrons. The molecule has 0 aliphatic heterocycles. The maximum Gasteiger partial charge on any atom is 0.189 e. The van der Waals surface area contributed by atoms with Crippen LogP contribution in [0.25, 0.3) is 6.08 Å². The Balaban J connectivity index is 1.98. The number of Topliss-reactive ketones (excluding diaryl/α,β-unsaturated/α-hetero) is 1. The molecule has 3 rings (SSSR count). The van der Waals surface area contributed by atoms with Gasteiger partial charge in [0.25, 0.3) is 0 Å². The lowest BCUT2D eigenvalue weighted by Crippen LogP contribution is -2.13. The van der Waals surface area contributed by atoms with E-state index in [1.807, 2.05) is 54.6 Å². The highest BCUT2D eigenvalue weighted by molar-refractivity contribution is 9.10. The van der Waals surface area contributed by atoms with Crippen molar-refractivity contribution in [2.24, 2.45) is 0 Å². The number of allylic oxidation sites excluding steroid dienone is 1. The molecule has 0 fully saturated rings. The third-order valence-electron chi connectivity index (χ3n) is 3.41. The molecule has 2 aromatic rings. The van der Waals surface area contributed by atoms with Crippen LogP contribution in [0.4, 0.5) is 0 Å². The first-order valence-electron chi connectivity index (χ1n) is 6.33. The Morgan fingerprint density at radius 2 is 1.79 bits per heavy atom. The van der Waals surface area contributed by atoms with Crippen molar-refractivity contribution >= 4 is 27.8 Å². The zero-order valence-corrected chi connectivity index (χ0v) is 12.0. The average molecular weight is 313 g/mol. The Bertz CT molecular complexity index is 656. The fraction of sp³-hybridized carbons (Fsp3) is 0.118. The molecule has 0 N–H and O–H groups in total. The standard InChI is InChI=1S/C17H13BrO/c18-15-8-9-16-13(11-15)6-7-14(17(16)19)10-12-4-2-1-3-5-12/h1-5,8-11H,6-7H2. The molecule has 1 nitrogen and oxygen atoms in total. The van der Waals surface area contributed by atoms with Crippen LogP contribution in [-0.2, 0) is 6.42 Å². The van der Waals surface area contributed by atoms with E-state index < -0.39 is 0 Å². The number of fused-ring (bicyclic) bond motifs is 1. The summed E-state index contributed by atoms with van der Waals surface area (Å²) in [7, 11) is 0. The molecule has 0 saturated carbocycles. The van der Waals surface area contributed by atoms with E-state index in [9.17, 15) is 4.79 Å². The van der Waals surface area contributed by atoms with E-state index in [2.05, 4.69) is 15.9 Å². The second kappa shape index (κ2) is 5.14. The van der Waals surface area contributed by atoms with Gasteiger partial charge in [-0.1, -0.05) is 46.3 Å². The molecular formula is C17H13BrO. The van der Waals surface area contributed by atoms with Gasteiger partial charge in [-0.3, -0.25) is 4.79 Å². The maximum atomic E-state index is 12.4. The number of carbonyl (C=O) groups excluding carboxylic acids is 1. The van der Waals surface area contributed by atoms with Crippen LogP contribution < -0.4 is 0 Å². The number of aryl methyl sites for hydroxylation is 1. The minimum Gasteiger partial charge on any atom is -0.289 e. The van der Waals surface area contributed by atoms with Crippen molar-refractivity contribution in [1.29, 1.82) is 0 Å². The lowest BCUT2D eigenvalue weighted by atomic mass is 9.86. The summed E-state index contributed by atoms with van der Waals surface area (Å²) in [6, 6.07) is 15.9. The SMILES string of the molecule is O=C1C(=Cc2ccccc2)CCc2cc(Br)ccc21. The Kier molecular flexibility index (Phi) is 3.34. The molecule has 94 valence electrons. The largest absolute Gasteiger partial charge is 0.289 e. The fourth-order valence-corrected chi connectivity index (χ4v) is 2.84. The predicted molar refractivity (Wildman–Crippen MR) is 81.2 cm³/mol. The highest BCUT2D eigenvalue weighted by Gasteiger charge is 2.21. The van der Waals surface area contributed by atoms with Crippen LogP contribution in [0, 0.1) is 0 Å². The first kappa shape index (κ1) is 12.4. The van der Waals surface area contributed by atoms with Crippen LogP contribution in [0.3, 0.4) is 0 Å². The quantitative estimate of drug-likeness (QED) is 0.700. The molecular weight excluding hydrogens is 300 g/mol. The summed E-state index contributed by atoms with van der Waals surface area (Å²) in [6.45, 7) is 0. The van der Waals surface area contributed by atoms with Crippen molar-refractivity contribution in [3.05, 3.63) is 75.3 Å². The zero-order chi connectivity index (χ0) is 13.2. The molecule has 2 aromatic carbocycles. The Hall–Kier alpha value is -1.67. The third-order valence-corrected chi connectivity index (χ3v) is 3.90. The van der Waals surface area contributed by atoms with Gasteiger partial charge in [-0.2, -0.15) is 0 Å². The maximum absolute atomic E-state index is 12.4. The van der Waals surface area contributed by atoms with Crippen molar-refractivity contribution in [1.82, 2.24) is 0 Å². The van der Waals surface area contributed by atoms with Gasteiger partial charge >= 0.3 is 0 Å². The van der Waals surface area contributed by atoms with E-state index in [0.29, 0.717) is 0 Å². The van der Waals surface area contributed by atoms with Crippen LogP contribution in [0.2, 0.25) is 0 Å². The molecule has 0 saturated heterocycles. The van der Waals surface area contributed by atoms with Crippen LogP contribution in [0.5, 0.6) is 0 Å². The summed E-state index contributed by atoms with van der Waals surface area (Å²) in [5.74, 6) is 0.164. The van der Waals surface area contributed by atoms with Gasteiger partial charge in [-0.15, -0.1) is 0 Å². The van der Waals surface area contributed by atoms with Gasteiger partial charge in [0.2, 0.25) is 0 Å². The highest BCUT2D eigenvalue weighted by atomic mass is 79.9. The first-order chi connectivity index (χ1) is 9.24. The van der Waals surface area contributed by atoms with Crippen molar-refractivity contribution in [3.8, 4) is 0 Å². The van der Waals surface area contributed by atoms with E-state index >= 15 is 0 Å². The van der Waals surface area contributed by atoms with E-state index in [0.717, 1.165) is 39.6 Å². The smallest absolute Gasteiger partial charge is 0.189 e. The number of ketones is 1. The number of benzene rings is 2. The lowest BCUT2D eigenvalue weighted by molar-refractivity contribution is 0.102. The minimum absolute atomic E-state index is 0.164. The Morgan fingerprint density at radius 1 is 1.00 bits per heavy atom. The second-order valence-corrected chi connectivity index (χ2v) is 5.63. The van der Waals surface area contributed by atoms with Crippen molar-refractivity contribution in [3.63, 3.8) is 0 Å². The monoisotopic (exact) mass is 312 g/mol. The summed E-state index contributed by atoms with van der Waals surface area (Å²) in [5, 5.41) is 0. The molecule has 0 bridgehead atoms. The predicted octanol–water partition coefficient (Wildman–Crippen LogP) is 4.66. The topological polar surface area (TPSA) is 17.1 Å². The van der Waals surface area contributed by atoms with Gasteiger partial charge in [0, 0.05) is 15.6 Å². The Morgan fingerprint density at radius 3 is 2.58 bits per heavy atom. The van der Waals surface area contributed by atoms with Crippen LogP contribution in [0.15, 0.2) is 58.6 Å². The first-order valence-corrected chi connectivity index (χ1v) is 7.12.